The molecule has 30 heavy (non-hydrogen) atoms. The molecule has 5 heteroatoms. The molecule has 0 atom stereocenters. The van der Waals surface area contributed by atoms with E-state index in [1.54, 1.807) is 24.4 Å². The average Bonchev–Trinajstić information content (AvgIpc) is 3.39. The highest BCUT2D eigenvalue weighted by Crippen LogP contribution is 2.32. The van der Waals surface area contributed by atoms with Gasteiger partial charge >= 0.3 is 0 Å². The lowest BCUT2D eigenvalue weighted by Crippen LogP contribution is -2.24. The van der Waals surface area contributed by atoms with Crippen molar-refractivity contribution in [3.63, 3.8) is 0 Å². The number of anilines is 1. The molecule has 2 heterocycles. The van der Waals surface area contributed by atoms with Gasteiger partial charge in [-0.3, -0.25) is 4.79 Å². The lowest BCUT2D eigenvalue weighted by molar-refractivity contribution is 0.0995. The van der Waals surface area contributed by atoms with Crippen LogP contribution in [0, 0.1) is 12.7 Å². The minimum Gasteiger partial charge on any atom is -0.301 e. The summed E-state index contributed by atoms with van der Waals surface area (Å²) in [6.07, 6.45) is 4.39. The second-order valence-corrected chi connectivity index (χ2v) is 7.57. The van der Waals surface area contributed by atoms with E-state index in [0.717, 1.165) is 34.4 Å². The fourth-order valence-corrected chi connectivity index (χ4v) is 3.99. The largest absolute Gasteiger partial charge is 0.301 e. The summed E-state index contributed by atoms with van der Waals surface area (Å²) < 4.78 is 16.0. The number of para-hydroxylation sites is 1. The Labute approximate surface area is 174 Å². The van der Waals surface area contributed by atoms with Gasteiger partial charge in [-0.05, 0) is 72.0 Å². The Balaban J connectivity index is 1.42. The topological polar surface area (TPSA) is 38.1 Å². The van der Waals surface area contributed by atoms with Crippen LogP contribution in [0.1, 0.15) is 32.6 Å². The zero-order chi connectivity index (χ0) is 20.7. The van der Waals surface area contributed by atoms with Crippen molar-refractivity contribution in [3.8, 4) is 5.69 Å². The molecule has 3 aromatic carbocycles. The highest BCUT2D eigenvalue weighted by atomic mass is 19.1. The van der Waals surface area contributed by atoms with Gasteiger partial charge in [-0.1, -0.05) is 30.3 Å². The summed E-state index contributed by atoms with van der Waals surface area (Å²) in [4.78, 5) is 14.5. The van der Waals surface area contributed by atoms with E-state index in [1.165, 1.54) is 11.0 Å². The van der Waals surface area contributed by atoms with E-state index in [4.69, 9.17) is 0 Å². The van der Waals surface area contributed by atoms with Crippen molar-refractivity contribution < 1.29 is 9.18 Å². The minimum atomic E-state index is -0.382. The third-order valence-corrected chi connectivity index (χ3v) is 5.61. The normalized spacial score (nSPS) is 13.0. The number of carbonyl (C=O) groups is 1. The van der Waals surface area contributed by atoms with Crippen LogP contribution in [-0.4, -0.2) is 15.7 Å². The van der Waals surface area contributed by atoms with E-state index in [2.05, 4.69) is 30.2 Å². The van der Waals surface area contributed by atoms with E-state index >= 15 is 0 Å². The molecule has 4 nitrogen and oxygen atoms in total. The molecule has 0 saturated heterocycles. The van der Waals surface area contributed by atoms with Crippen molar-refractivity contribution in [1.82, 2.24) is 9.78 Å². The standard InChI is InChI=1S/C25H20FN3O/c1-17-13-20-16-28(24-6-3-2-5-23(24)26)25(30)22(20)15-19(17)14-18-7-9-21(10-8-18)29-12-4-11-27-29/h2-13,15H,14,16H2,1H3. The number of hydrogen-bond acceptors (Lipinski definition) is 2. The van der Waals surface area contributed by atoms with E-state index in [0.29, 0.717) is 17.8 Å². The van der Waals surface area contributed by atoms with Crippen LogP contribution in [0.5, 0.6) is 0 Å². The SMILES string of the molecule is Cc1cc2c(cc1Cc1ccc(-n3cccn3)cc1)C(=O)N(c1ccccc1F)C2. The van der Waals surface area contributed by atoms with Crippen molar-refractivity contribution in [3.05, 3.63) is 113 Å². The number of fused-ring (bicyclic) bond motifs is 1. The van der Waals surface area contributed by atoms with Gasteiger partial charge in [-0.25, -0.2) is 9.07 Å². The molecule has 0 saturated carbocycles. The zero-order valence-electron chi connectivity index (χ0n) is 16.5. The summed E-state index contributed by atoms with van der Waals surface area (Å²) >= 11 is 0. The molecule has 0 aliphatic carbocycles. The van der Waals surface area contributed by atoms with E-state index in [9.17, 15) is 9.18 Å². The molecule has 1 aromatic heterocycles. The van der Waals surface area contributed by atoms with E-state index in [1.807, 2.05) is 35.1 Å². The van der Waals surface area contributed by atoms with Crippen LogP contribution in [0.25, 0.3) is 5.69 Å². The zero-order valence-corrected chi connectivity index (χ0v) is 16.5. The summed E-state index contributed by atoms with van der Waals surface area (Å²) in [5.41, 5.74) is 6.32. The van der Waals surface area contributed by atoms with Crippen molar-refractivity contribution in [2.75, 3.05) is 4.90 Å². The lowest BCUT2D eigenvalue weighted by atomic mass is 9.95. The number of amides is 1. The highest BCUT2D eigenvalue weighted by Gasteiger charge is 2.30. The fourth-order valence-electron chi connectivity index (χ4n) is 3.99. The van der Waals surface area contributed by atoms with E-state index in [-0.39, 0.29) is 11.7 Å². The number of nitrogens with zero attached hydrogens (tertiary/aromatic N) is 3. The molecule has 0 radical (unpaired) electrons. The monoisotopic (exact) mass is 397 g/mol. The van der Waals surface area contributed by atoms with Gasteiger partial charge in [0.1, 0.15) is 5.82 Å². The molecule has 0 unspecified atom stereocenters. The van der Waals surface area contributed by atoms with Gasteiger partial charge in [-0.2, -0.15) is 5.10 Å². The quantitative estimate of drug-likeness (QED) is 0.482. The lowest BCUT2D eigenvalue weighted by Gasteiger charge is -2.16. The molecular formula is C25H20FN3O. The number of carbonyl (C=O) groups excluding carboxylic acids is 1. The van der Waals surface area contributed by atoms with Gasteiger partial charge in [0.15, 0.2) is 0 Å². The predicted molar refractivity (Wildman–Crippen MR) is 114 cm³/mol. The maximum atomic E-state index is 14.2. The number of rotatable bonds is 4. The van der Waals surface area contributed by atoms with E-state index < -0.39 is 0 Å². The maximum Gasteiger partial charge on any atom is 0.259 e. The second-order valence-electron chi connectivity index (χ2n) is 7.57. The van der Waals surface area contributed by atoms with Gasteiger partial charge in [0, 0.05) is 18.0 Å². The Morgan fingerprint density at radius 1 is 1.03 bits per heavy atom. The predicted octanol–water partition coefficient (Wildman–Crippen LogP) is 5.07. The third kappa shape index (κ3) is 3.18. The molecule has 1 aliphatic rings. The van der Waals surface area contributed by atoms with Crippen molar-refractivity contribution in [1.29, 1.82) is 0 Å². The molecule has 148 valence electrons. The molecule has 5 rings (SSSR count). The number of aromatic nitrogens is 2. The molecule has 0 spiro atoms. The van der Waals surface area contributed by atoms with Crippen molar-refractivity contribution >= 4 is 11.6 Å². The summed E-state index contributed by atoms with van der Waals surface area (Å²) in [6.45, 7) is 2.46. The number of hydrogen-bond donors (Lipinski definition) is 0. The van der Waals surface area contributed by atoms with Crippen LogP contribution in [0.15, 0.2) is 79.1 Å². The summed E-state index contributed by atoms with van der Waals surface area (Å²) in [6, 6.07) is 20.6. The van der Waals surface area contributed by atoms with Crippen LogP contribution in [0.4, 0.5) is 10.1 Å². The Kier molecular flexibility index (Phi) is 4.43. The Bertz CT molecular complexity index is 1230. The van der Waals surface area contributed by atoms with Crippen LogP contribution in [0.3, 0.4) is 0 Å². The molecule has 0 fully saturated rings. The van der Waals surface area contributed by atoms with Gasteiger partial charge in [-0.15, -0.1) is 0 Å². The van der Waals surface area contributed by atoms with Crippen molar-refractivity contribution in [2.45, 2.75) is 19.9 Å². The van der Waals surface area contributed by atoms with Crippen LogP contribution < -0.4 is 4.90 Å². The number of halogens is 1. The van der Waals surface area contributed by atoms with Crippen LogP contribution >= 0.6 is 0 Å². The second kappa shape index (κ2) is 7.26. The van der Waals surface area contributed by atoms with Gasteiger partial charge in [0.2, 0.25) is 0 Å². The fraction of sp³-hybridized carbons (Fsp3) is 0.120. The Hall–Kier alpha value is -3.73. The molecule has 1 amide bonds. The van der Waals surface area contributed by atoms with Gasteiger partial charge in [0.25, 0.3) is 5.91 Å². The Morgan fingerprint density at radius 2 is 1.83 bits per heavy atom. The molecule has 0 N–H and O–H groups in total. The molecular weight excluding hydrogens is 377 g/mol. The molecule has 0 bridgehead atoms. The van der Waals surface area contributed by atoms with Crippen molar-refractivity contribution in [2.24, 2.45) is 0 Å². The summed E-state index contributed by atoms with van der Waals surface area (Å²) in [5, 5.41) is 4.25. The first-order valence-corrected chi connectivity index (χ1v) is 9.88. The molecule has 4 aromatic rings. The summed E-state index contributed by atoms with van der Waals surface area (Å²) in [7, 11) is 0. The van der Waals surface area contributed by atoms with Gasteiger partial charge in [0.05, 0.1) is 17.9 Å². The Morgan fingerprint density at radius 3 is 2.57 bits per heavy atom. The first kappa shape index (κ1) is 18.3. The maximum absolute atomic E-state index is 14.2. The number of aryl methyl sites for hydroxylation is 1. The highest BCUT2D eigenvalue weighted by molar-refractivity contribution is 6.10. The van der Waals surface area contributed by atoms with Crippen LogP contribution in [0.2, 0.25) is 0 Å². The minimum absolute atomic E-state index is 0.148. The summed E-state index contributed by atoms with van der Waals surface area (Å²) in [5.74, 6) is -0.529. The average molecular weight is 397 g/mol. The smallest absolute Gasteiger partial charge is 0.259 e. The molecule has 1 aliphatic heterocycles. The van der Waals surface area contributed by atoms with Gasteiger partial charge < -0.3 is 4.90 Å². The van der Waals surface area contributed by atoms with Crippen LogP contribution in [-0.2, 0) is 13.0 Å². The third-order valence-electron chi connectivity index (χ3n) is 5.61. The number of benzene rings is 3. The first-order valence-electron chi connectivity index (χ1n) is 9.88. The first-order chi connectivity index (χ1) is 14.6.